The quantitative estimate of drug-likeness (QED) is 0.446. The zero-order valence-corrected chi connectivity index (χ0v) is 16.3. The van der Waals surface area contributed by atoms with Crippen LogP contribution in [0, 0.1) is 0 Å². The number of rotatable bonds is 4. The average Bonchev–Trinajstić information content (AvgIpc) is 3.32. The SMILES string of the molecule is FC(F)(F)Cn1c(-c2ccc3c[nH]nc3c2)cc2c(NC3CCNCC3)cccc21. The minimum absolute atomic E-state index is 0.312. The summed E-state index contributed by atoms with van der Waals surface area (Å²) < 4.78 is 41.7. The molecular formula is C22H22F3N5. The van der Waals surface area contributed by atoms with Crippen LogP contribution in [0.5, 0.6) is 0 Å². The molecule has 4 aromatic rings. The van der Waals surface area contributed by atoms with Crippen molar-refractivity contribution in [2.45, 2.75) is 31.6 Å². The third-order valence-electron chi connectivity index (χ3n) is 5.71. The molecule has 1 saturated heterocycles. The molecule has 0 aliphatic carbocycles. The first-order chi connectivity index (χ1) is 14.5. The van der Waals surface area contributed by atoms with Crippen molar-refractivity contribution in [3.8, 4) is 11.3 Å². The summed E-state index contributed by atoms with van der Waals surface area (Å²) in [6.07, 6.45) is -0.578. The van der Waals surface area contributed by atoms with E-state index in [1.54, 1.807) is 12.3 Å². The lowest BCUT2D eigenvalue weighted by Gasteiger charge is -2.25. The fourth-order valence-corrected chi connectivity index (χ4v) is 4.28. The largest absolute Gasteiger partial charge is 0.406 e. The van der Waals surface area contributed by atoms with Crippen molar-refractivity contribution in [3.05, 3.63) is 48.7 Å². The third kappa shape index (κ3) is 3.63. The number of piperidine rings is 1. The normalized spacial score (nSPS) is 15.8. The molecule has 0 saturated carbocycles. The summed E-state index contributed by atoms with van der Waals surface area (Å²) in [7, 11) is 0. The predicted octanol–water partition coefficient (Wildman–Crippen LogP) is 4.91. The van der Waals surface area contributed by atoms with Gasteiger partial charge in [0.1, 0.15) is 6.54 Å². The summed E-state index contributed by atoms with van der Waals surface area (Å²) in [5.74, 6) is 0. The highest BCUT2D eigenvalue weighted by atomic mass is 19.4. The summed E-state index contributed by atoms with van der Waals surface area (Å²) in [6.45, 7) is 0.844. The highest BCUT2D eigenvalue weighted by Gasteiger charge is 2.30. The van der Waals surface area contributed by atoms with E-state index in [9.17, 15) is 13.2 Å². The number of hydrogen-bond donors (Lipinski definition) is 3. The van der Waals surface area contributed by atoms with E-state index in [1.807, 2.05) is 36.4 Å². The zero-order valence-electron chi connectivity index (χ0n) is 16.3. The van der Waals surface area contributed by atoms with Gasteiger partial charge in [0.15, 0.2) is 0 Å². The maximum atomic E-state index is 13.5. The minimum Gasteiger partial charge on any atom is -0.382 e. The zero-order chi connectivity index (χ0) is 20.7. The molecule has 2 aromatic heterocycles. The molecule has 0 atom stereocenters. The van der Waals surface area contributed by atoms with Crippen LogP contribution in [0.2, 0.25) is 0 Å². The number of aromatic nitrogens is 3. The first-order valence-electron chi connectivity index (χ1n) is 10.1. The number of nitrogens with zero attached hydrogens (tertiary/aromatic N) is 2. The molecule has 5 nitrogen and oxygen atoms in total. The Morgan fingerprint density at radius 1 is 1.10 bits per heavy atom. The highest BCUT2D eigenvalue weighted by molar-refractivity contribution is 5.97. The number of anilines is 1. The summed E-state index contributed by atoms with van der Waals surface area (Å²) in [5, 5.41) is 15.6. The Morgan fingerprint density at radius 2 is 1.93 bits per heavy atom. The molecule has 0 radical (unpaired) electrons. The summed E-state index contributed by atoms with van der Waals surface area (Å²) >= 11 is 0. The van der Waals surface area contributed by atoms with Crippen LogP contribution in [0.1, 0.15) is 12.8 Å². The maximum Gasteiger partial charge on any atom is 0.406 e. The van der Waals surface area contributed by atoms with E-state index in [0.29, 0.717) is 22.8 Å². The van der Waals surface area contributed by atoms with E-state index in [2.05, 4.69) is 20.8 Å². The Hall–Kier alpha value is -3.00. The molecular weight excluding hydrogens is 391 g/mol. The van der Waals surface area contributed by atoms with Gasteiger partial charge in [-0.2, -0.15) is 18.3 Å². The van der Waals surface area contributed by atoms with Gasteiger partial charge in [0.2, 0.25) is 0 Å². The molecule has 3 heterocycles. The van der Waals surface area contributed by atoms with Crippen LogP contribution < -0.4 is 10.6 Å². The lowest BCUT2D eigenvalue weighted by atomic mass is 10.1. The molecule has 0 spiro atoms. The molecule has 3 N–H and O–H groups in total. The maximum absolute atomic E-state index is 13.5. The van der Waals surface area contributed by atoms with Gasteiger partial charge in [-0.15, -0.1) is 0 Å². The van der Waals surface area contributed by atoms with Crippen molar-refractivity contribution in [3.63, 3.8) is 0 Å². The van der Waals surface area contributed by atoms with Crippen molar-refractivity contribution in [2.24, 2.45) is 0 Å². The molecule has 1 fully saturated rings. The lowest BCUT2D eigenvalue weighted by molar-refractivity contribution is -0.139. The Bertz CT molecular complexity index is 1180. The van der Waals surface area contributed by atoms with E-state index < -0.39 is 12.7 Å². The minimum atomic E-state index is -4.32. The number of alkyl halides is 3. The molecule has 0 amide bonds. The second-order valence-corrected chi connectivity index (χ2v) is 7.80. The second kappa shape index (κ2) is 7.36. The van der Waals surface area contributed by atoms with E-state index in [4.69, 9.17) is 0 Å². The number of hydrogen-bond acceptors (Lipinski definition) is 3. The molecule has 0 unspecified atom stereocenters. The molecule has 1 aliphatic rings. The van der Waals surface area contributed by atoms with Crippen LogP contribution in [0.4, 0.5) is 18.9 Å². The monoisotopic (exact) mass is 413 g/mol. The van der Waals surface area contributed by atoms with Crippen LogP contribution in [0.15, 0.2) is 48.7 Å². The standard InChI is InChI=1S/C22H22F3N5/c23-22(24,25)13-30-20-3-1-2-18(28-16-6-8-26-9-7-16)17(20)11-21(30)14-4-5-15-12-27-29-19(15)10-14/h1-5,10-12,16,26,28H,6-9,13H2,(H,27,29). The van der Waals surface area contributed by atoms with Crippen LogP contribution in [-0.4, -0.2) is 40.1 Å². The molecule has 2 aromatic carbocycles. The van der Waals surface area contributed by atoms with Crippen LogP contribution >= 0.6 is 0 Å². The predicted molar refractivity (Wildman–Crippen MR) is 113 cm³/mol. The third-order valence-corrected chi connectivity index (χ3v) is 5.71. The molecule has 0 bridgehead atoms. The van der Waals surface area contributed by atoms with Gasteiger partial charge in [-0.1, -0.05) is 18.2 Å². The Balaban J connectivity index is 1.64. The molecule has 5 rings (SSSR count). The van der Waals surface area contributed by atoms with Gasteiger partial charge in [0.05, 0.1) is 11.0 Å². The molecule has 8 heteroatoms. The lowest BCUT2D eigenvalue weighted by Crippen LogP contribution is -2.35. The second-order valence-electron chi connectivity index (χ2n) is 7.80. The number of benzene rings is 2. The Morgan fingerprint density at radius 3 is 2.73 bits per heavy atom. The molecule has 1 aliphatic heterocycles. The van der Waals surface area contributed by atoms with Crippen molar-refractivity contribution in [2.75, 3.05) is 18.4 Å². The topological polar surface area (TPSA) is 57.7 Å². The number of aromatic amines is 1. The first-order valence-corrected chi connectivity index (χ1v) is 10.1. The van der Waals surface area contributed by atoms with Gasteiger partial charge in [-0.25, -0.2) is 0 Å². The summed E-state index contributed by atoms with van der Waals surface area (Å²) in [6, 6.07) is 13.2. The van der Waals surface area contributed by atoms with E-state index >= 15 is 0 Å². The fourth-order valence-electron chi connectivity index (χ4n) is 4.28. The smallest absolute Gasteiger partial charge is 0.382 e. The Kier molecular flexibility index (Phi) is 4.66. The molecule has 30 heavy (non-hydrogen) atoms. The van der Waals surface area contributed by atoms with Crippen LogP contribution in [0.25, 0.3) is 33.1 Å². The van der Waals surface area contributed by atoms with E-state index in [1.165, 1.54) is 4.57 Å². The van der Waals surface area contributed by atoms with E-state index in [0.717, 1.165) is 47.9 Å². The van der Waals surface area contributed by atoms with Crippen molar-refractivity contribution in [1.29, 1.82) is 0 Å². The van der Waals surface area contributed by atoms with Gasteiger partial charge >= 0.3 is 6.18 Å². The molecule has 156 valence electrons. The average molecular weight is 413 g/mol. The first kappa shape index (κ1) is 19.0. The summed E-state index contributed by atoms with van der Waals surface area (Å²) in [4.78, 5) is 0. The van der Waals surface area contributed by atoms with Crippen molar-refractivity contribution >= 4 is 27.5 Å². The van der Waals surface area contributed by atoms with Crippen molar-refractivity contribution < 1.29 is 13.2 Å². The van der Waals surface area contributed by atoms with Gasteiger partial charge in [0, 0.05) is 40.0 Å². The number of halogens is 3. The van der Waals surface area contributed by atoms with Gasteiger partial charge in [0.25, 0.3) is 0 Å². The van der Waals surface area contributed by atoms with E-state index in [-0.39, 0.29) is 0 Å². The number of nitrogens with one attached hydrogen (secondary N) is 3. The van der Waals surface area contributed by atoms with Crippen LogP contribution in [0.3, 0.4) is 0 Å². The van der Waals surface area contributed by atoms with Crippen molar-refractivity contribution in [1.82, 2.24) is 20.1 Å². The van der Waals surface area contributed by atoms with Gasteiger partial charge in [-0.05, 0) is 50.2 Å². The number of H-pyrrole nitrogens is 1. The van der Waals surface area contributed by atoms with Gasteiger partial charge < -0.3 is 15.2 Å². The fraction of sp³-hybridized carbons (Fsp3) is 0.318. The van der Waals surface area contributed by atoms with Gasteiger partial charge in [-0.3, -0.25) is 5.10 Å². The van der Waals surface area contributed by atoms with Crippen LogP contribution in [-0.2, 0) is 6.54 Å². The highest BCUT2D eigenvalue weighted by Crippen LogP contribution is 2.36. The number of fused-ring (bicyclic) bond motifs is 2. The Labute approximate surface area is 171 Å². The summed E-state index contributed by atoms with van der Waals surface area (Å²) in [5.41, 5.74) is 3.42.